The lowest BCUT2D eigenvalue weighted by atomic mass is 9.77. The van der Waals surface area contributed by atoms with E-state index < -0.39 is 0 Å². The van der Waals surface area contributed by atoms with Gasteiger partial charge in [0.05, 0.1) is 11.0 Å². The van der Waals surface area contributed by atoms with Gasteiger partial charge in [-0.3, -0.25) is 0 Å². The van der Waals surface area contributed by atoms with Crippen molar-refractivity contribution in [2.24, 2.45) is 11.8 Å². The molecular weight excluding hydrogens is 372 g/mol. The molecule has 1 aromatic carbocycles. The van der Waals surface area contributed by atoms with Gasteiger partial charge in [0.25, 0.3) is 0 Å². The van der Waals surface area contributed by atoms with Crippen molar-refractivity contribution < 1.29 is 0 Å². The predicted octanol–water partition coefficient (Wildman–Crippen LogP) is 4.82. The molecule has 1 saturated heterocycles. The first-order valence-corrected chi connectivity index (χ1v) is 11.9. The molecule has 6 nitrogen and oxygen atoms in total. The molecule has 158 valence electrons. The summed E-state index contributed by atoms with van der Waals surface area (Å²) in [6.07, 6.45) is 14.3. The number of benzene rings is 1. The molecule has 3 aliphatic rings. The Morgan fingerprint density at radius 3 is 2.37 bits per heavy atom. The van der Waals surface area contributed by atoms with Gasteiger partial charge in [0, 0.05) is 25.2 Å². The Hall–Kier alpha value is -2.21. The van der Waals surface area contributed by atoms with Crippen LogP contribution < -0.4 is 0 Å². The molecule has 2 aliphatic carbocycles. The van der Waals surface area contributed by atoms with Crippen molar-refractivity contribution in [2.75, 3.05) is 13.1 Å². The lowest BCUT2D eigenvalue weighted by Gasteiger charge is -2.43. The van der Waals surface area contributed by atoms with Gasteiger partial charge in [0.15, 0.2) is 11.6 Å². The van der Waals surface area contributed by atoms with Gasteiger partial charge >= 0.3 is 0 Å². The molecule has 2 aromatic heterocycles. The second-order valence-corrected chi connectivity index (χ2v) is 9.78. The zero-order valence-corrected chi connectivity index (χ0v) is 17.7. The molecule has 1 N–H and O–H groups in total. The third kappa shape index (κ3) is 3.35. The van der Waals surface area contributed by atoms with Crippen molar-refractivity contribution in [1.82, 2.24) is 29.6 Å². The average molecular weight is 405 g/mol. The molecule has 0 unspecified atom stereocenters. The number of piperidine rings is 1. The highest BCUT2D eigenvalue weighted by atomic mass is 15.2. The van der Waals surface area contributed by atoms with Crippen molar-refractivity contribution in [1.29, 1.82) is 0 Å². The first-order chi connectivity index (χ1) is 14.8. The van der Waals surface area contributed by atoms with Crippen molar-refractivity contribution >= 4 is 11.0 Å². The van der Waals surface area contributed by atoms with Crippen LogP contribution >= 0.6 is 0 Å². The first-order valence-electron chi connectivity index (χ1n) is 11.9. The Labute approximate surface area is 178 Å². The maximum Gasteiger partial charge on any atom is 0.197 e. The van der Waals surface area contributed by atoms with Gasteiger partial charge in [-0.05, 0) is 56.1 Å². The van der Waals surface area contributed by atoms with Gasteiger partial charge in [-0.25, -0.2) is 4.98 Å². The van der Waals surface area contributed by atoms with Gasteiger partial charge in [-0.2, -0.15) is 0 Å². The average Bonchev–Trinajstić information content (AvgIpc) is 3.41. The fraction of sp³-hybridized carbons (Fsp3) is 0.625. The number of nitrogens with zero attached hydrogens (tertiary/aromatic N) is 5. The number of para-hydroxylation sites is 2. The van der Waals surface area contributed by atoms with Crippen LogP contribution in [-0.4, -0.2) is 48.8 Å². The van der Waals surface area contributed by atoms with Crippen LogP contribution in [0.25, 0.3) is 22.7 Å². The molecule has 6 heteroatoms. The Morgan fingerprint density at radius 1 is 0.867 bits per heavy atom. The zero-order valence-electron chi connectivity index (χ0n) is 17.7. The van der Waals surface area contributed by atoms with E-state index in [1.807, 2.05) is 0 Å². The van der Waals surface area contributed by atoms with Crippen LogP contribution in [-0.2, 0) is 0 Å². The smallest absolute Gasteiger partial charge is 0.197 e. The summed E-state index contributed by atoms with van der Waals surface area (Å²) in [6, 6.07) is 9.77. The summed E-state index contributed by atoms with van der Waals surface area (Å²) in [5.74, 6) is 3.68. The third-order valence-corrected chi connectivity index (χ3v) is 7.96. The zero-order chi connectivity index (χ0) is 19.9. The summed E-state index contributed by atoms with van der Waals surface area (Å²) < 4.78 is 2.42. The fourth-order valence-electron chi connectivity index (χ4n) is 6.57. The number of hydrogen-bond donors (Lipinski definition) is 1. The van der Waals surface area contributed by atoms with Gasteiger partial charge in [-0.15, -0.1) is 10.2 Å². The molecule has 3 atom stereocenters. The quantitative estimate of drug-likeness (QED) is 0.680. The van der Waals surface area contributed by atoms with Crippen LogP contribution in [0.15, 0.2) is 30.6 Å². The summed E-state index contributed by atoms with van der Waals surface area (Å²) in [5, 5.41) is 8.26. The summed E-state index contributed by atoms with van der Waals surface area (Å²) in [6.45, 7) is 2.41. The van der Waals surface area contributed by atoms with E-state index >= 15 is 0 Å². The summed E-state index contributed by atoms with van der Waals surface area (Å²) in [4.78, 5) is 10.9. The van der Waals surface area contributed by atoms with Crippen LogP contribution in [0.1, 0.15) is 63.8 Å². The highest BCUT2D eigenvalue weighted by Crippen LogP contribution is 2.41. The Kier molecular flexibility index (Phi) is 4.82. The topological polar surface area (TPSA) is 62.6 Å². The van der Waals surface area contributed by atoms with Crippen molar-refractivity contribution in [3.8, 4) is 11.6 Å². The Bertz CT molecular complexity index is 970. The molecule has 0 amide bonds. The maximum absolute atomic E-state index is 4.90. The summed E-state index contributed by atoms with van der Waals surface area (Å²) in [7, 11) is 0. The number of likely N-dealkylation sites (tertiary alicyclic amines) is 1. The van der Waals surface area contributed by atoms with Crippen LogP contribution in [0, 0.1) is 11.8 Å². The molecular formula is C24H32N6. The number of rotatable bonds is 3. The Morgan fingerprint density at radius 2 is 1.63 bits per heavy atom. The van der Waals surface area contributed by atoms with Crippen LogP contribution in [0.3, 0.4) is 0 Å². The Balaban J connectivity index is 1.23. The molecule has 3 aromatic rings. The lowest BCUT2D eigenvalue weighted by molar-refractivity contribution is 0.0719. The maximum atomic E-state index is 4.90. The van der Waals surface area contributed by atoms with Crippen LogP contribution in [0.2, 0.25) is 0 Å². The minimum Gasteiger partial charge on any atom is -0.325 e. The number of hydrogen-bond acceptors (Lipinski definition) is 4. The molecule has 1 aliphatic heterocycles. The van der Waals surface area contributed by atoms with Gasteiger partial charge in [-0.1, -0.05) is 37.8 Å². The second-order valence-electron chi connectivity index (χ2n) is 9.78. The van der Waals surface area contributed by atoms with E-state index in [1.165, 1.54) is 76.4 Å². The molecule has 3 fully saturated rings. The molecule has 30 heavy (non-hydrogen) atoms. The minimum absolute atomic E-state index is 0.472. The van der Waals surface area contributed by atoms with E-state index in [9.17, 15) is 0 Å². The van der Waals surface area contributed by atoms with Gasteiger partial charge in [0.1, 0.15) is 6.33 Å². The number of aromatic nitrogens is 5. The third-order valence-electron chi connectivity index (χ3n) is 7.96. The standard InChI is InChI=1S/C24H32N6/c1-2-6-18-13-17(5-1)14-20(15-18)29-11-9-19(10-12-29)30-22-8-4-3-7-21(22)27-24(30)23-25-16-26-28-23/h3-4,7-8,16-20H,1-2,5-6,9-15H2,(H,25,26,28)/t17-,18+,20-. The number of H-pyrrole nitrogens is 1. The van der Waals surface area contributed by atoms with E-state index in [0.717, 1.165) is 35.0 Å². The normalized spacial score (nSPS) is 28.6. The van der Waals surface area contributed by atoms with E-state index in [0.29, 0.717) is 6.04 Å². The molecule has 6 rings (SSSR count). The number of fused-ring (bicyclic) bond motifs is 3. The van der Waals surface area contributed by atoms with Crippen LogP contribution in [0.4, 0.5) is 0 Å². The fourth-order valence-corrected chi connectivity index (χ4v) is 6.57. The highest BCUT2D eigenvalue weighted by molar-refractivity contribution is 5.79. The van der Waals surface area contributed by atoms with Crippen molar-refractivity contribution in [3.05, 3.63) is 30.6 Å². The van der Waals surface area contributed by atoms with E-state index in [1.54, 1.807) is 6.33 Å². The lowest BCUT2D eigenvalue weighted by Crippen LogP contribution is -2.45. The van der Waals surface area contributed by atoms with Gasteiger partial charge < -0.3 is 14.5 Å². The molecule has 0 spiro atoms. The molecule has 2 saturated carbocycles. The first kappa shape index (κ1) is 18.6. The van der Waals surface area contributed by atoms with E-state index in [4.69, 9.17) is 4.98 Å². The summed E-state index contributed by atoms with van der Waals surface area (Å²) in [5.41, 5.74) is 2.26. The van der Waals surface area contributed by atoms with Crippen molar-refractivity contribution in [2.45, 2.75) is 69.9 Å². The second kappa shape index (κ2) is 7.80. The highest BCUT2D eigenvalue weighted by Gasteiger charge is 2.35. The van der Waals surface area contributed by atoms with E-state index in [-0.39, 0.29) is 0 Å². The van der Waals surface area contributed by atoms with Crippen molar-refractivity contribution in [3.63, 3.8) is 0 Å². The summed E-state index contributed by atoms with van der Waals surface area (Å²) >= 11 is 0. The molecule has 2 bridgehead atoms. The number of aromatic amines is 1. The minimum atomic E-state index is 0.472. The predicted molar refractivity (Wildman–Crippen MR) is 118 cm³/mol. The van der Waals surface area contributed by atoms with Crippen LogP contribution in [0.5, 0.6) is 0 Å². The monoisotopic (exact) mass is 404 g/mol. The van der Waals surface area contributed by atoms with E-state index in [2.05, 4.69) is 48.9 Å². The molecule has 0 radical (unpaired) electrons. The number of imidazole rings is 1. The van der Waals surface area contributed by atoms with Gasteiger partial charge in [0.2, 0.25) is 0 Å². The largest absolute Gasteiger partial charge is 0.325 e. The number of nitrogens with one attached hydrogen (secondary N) is 1. The molecule has 3 heterocycles. The SMILES string of the molecule is c1ccc2c(c1)nc(-c1nnc[nH]1)n2C1CCN([C@@H]2C[C@@H]3CCCC[C@@H](C3)C2)CC1.